The Bertz CT molecular complexity index is 620. The van der Waals surface area contributed by atoms with E-state index >= 15 is 0 Å². The fourth-order valence-corrected chi connectivity index (χ4v) is 4.71. The zero-order chi connectivity index (χ0) is 16.7. The number of ether oxygens (including phenoxy) is 1. The summed E-state index contributed by atoms with van der Waals surface area (Å²) in [4.78, 5) is 12.0. The number of amides is 1. The van der Waals surface area contributed by atoms with Crippen LogP contribution in [0.15, 0.2) is 48.6 Å². The summed E-state index contributed by atoms with van der Waals surface area (Å²) < 4.78 is 6.23. The molecular weight excluding hydrogens is 302 g/mol. The summed E-state index contributed by atoms with van der Waals surface area (Å²) in [6.45, 7) is 2.71. The van der Waals surface area contributed by atoms with Crippen molar-refractivity contribution in [1.82, 2.24) is 5.32 Å². The minimum Gasteiger partial charge on any atom is -0.390 e. The first-order valence-electron chi connectivity index (χ1n) is 8.96. The number of aliphatic hydroxyl groups excluding tert-OH is 1. The third kappa shape index (κ3) is 2.78. The number of nitrogens with one attached hydrogen (secondary N) is 1. The van der Waals surface area contributed by atoms with Gasteiger partial charge in [0.05, 0.1) is 18.3 Å². The second-order valence-corrected chi connectivity index (χ2v) is 7.50. The second-order valence-electron chi connectivity index (χ2n) is 7.50. The van der Waals surface area contributed by atoms with Crippen LogP contribution in [0.4, 0.5) is 0 Å². The van der Waals surface area contributed by atoms with Crippen LogP contribution in [0.2, 0.25) is 0 Å². The van der Waals surface area contributed by atoms with Crippen LogP contribution in [-0.4, -0.2) is 35.9 Å². The lowest BCUT2D eigenvalue weighted by Gasteiger charge is -2.32. The molecule has 4 nitrogen and oxygen atoms in total. The first-order chi connectivity index (χ1) is 11.6. The molecule has 0 radical (unpaired) electrons. The summed E-state index contributed by atoms with van der Waals surface area (Å²) in [6, 6.07) is 0. The summed E-state index contributed by atoms with van der Waals surface area (Å²) in [5, 5.41) is 13.3. The molecule has 0 bridgehead atoms. The number of carbonyl (C=O) groups is 1. The molecule has 8 atom stereocenters. The van der Waals surface area contributed by atoms with Gasteiger partial charge in [0.25, 0.3) is 0 Å². The summed E-state index contributed by atoms with van der Waals surface area (Å²) in [6.07, 6.45) is 16.6. The van der Waals surface area contributed by atoms with Crippen molar-refractivity contribution in [3.8, 4) is 0 Å². The average molecular weight is 327 g/mol. The summed E-state index contributed by atoms with van der Waals surface area (Å²) in [7, 11) is 0. The Morgan fingerprint density at radius 2 is 1.96 bits per heavy atom. The molecule has 0 aromatic carbocycles. The predicted molar refractivity (Wildman–Crippen MR) is 92.0 cm³/mol. The van der Waals surface area contributed by atoms with Crippen molar-refractivity contribution in [2.45, 2.75) is 31.7 Å². The fourth-order valence-electron chi connectivity index (χ4n) is 4.71. The molecule has 1 amide bonds. The van der Waals surface area contributed by atoms with Crippen LogP contribution in [-0.2, 0) is 9.53 Å². The lowest BCUT2D eigenvalue weighted by molar-refractivity contribution is -0.116. The highest BCUT2D eigenvalue weighted by atomic mass is 16.5. The van der Waals surface area contributed by atoms with E-state index in [1.807, 2.05) is 18.2 Å². The highest BCUT2D eigenvalue weighted by Gasteiger charge is 2.56. The van der Waals surface area contributed by atoms with E-state index in [9.17, 15) is 9.90 Å². The van der Waals surface area contributed by atoms with Gasteiger partial charge < -0.3 is 15.2 Å². The van der Waals surface area contributed by atoms with Gasteiger partial charge in [0.1, 0.15) is 0 Å². The van der Waals surface area contributed by atoms with E-state index in [0.717, 1.165) is 6.42 Å². The maximum Gasteiger partial charge on any atom is 0.243 e. The quantitative estimate of drug-likeness (QED) is 0.669. The molecule has 2 heterocycles. The van der Waals surface area contributed by atoms with Crippen LogP contribution in [0.5, 0.6) is 0 Å². The number of allylic oxidation sites excluding steroid dienone is 5. The van der Waals surface area contributed by atoms with Gasteiger partial charge in [-0.2, -0.15) is 0 Å². The molecule has 128 valence electrons. The smallest absolute Gasteiger partial charge is 0.243 e. The minimum atomic E-state index is -0.383. The van der Waals surface area contributed by atoms with E-state index in [0.29, 0.717) is 18.4 Å². The highest BCUT2D eigenvalue weighted by Crippen LogP contribution is 2.53. The molecule has 0 unspecified atom stereocenters. The van der Waals surface area contributed by atoms with E-state index in [2.05, 4.69) is 36.5 Å². The normalized spacial score (nSPS) is 46.8. The van der Waals surface area contributed by atoms with Gasteiger partial charge in [-0.1, -0.05) is 49.5 Å². The molecule has 2 aliphatic carbocycles. The van der Waals surface area contributed by atoms with Gasteiger partial charge in [-0.25, -0.2) is 0 Å². The maximum atomic E-state index is 12.0. The summed E-state index contributed by atoms with van der Waals surface area (Å²) in [5.41, 5.74) is 0. The third-order valence-electron chi connectivity index (χ3n) is 5.85. The highest BCUT2D eigenvalue weighted by molar-refractivity contribution is 5.87. The average Bonchev–Trinajstić information content (AvgIpc) is 3.10. The van der Waals surface area contributed by atoms with Crippen molar-refractivity contribution in [2.75, 3.05) is 6.54 Å². The van der Waals surface area contributed by atoms with Gasteiger partial charge >= 0.3 is 0 Å². The molecular formula is C20H25NO3. The monoisotopic (exact) mass is 327 g/mol. The molecule has 4 aliphatic rings. The van der Waals surface area contributed by atoms with Gasteiger partial charge in [0, 0.05) is 24.3 Å². The standard InChI is InChI=1S/C20H25NO3/c1-12-4-2-3-5-16-18-13(8-9-17(23)21-11-12)6-7-14-10-15(22)20(24-16)19(14)18/h2-9,12-16,18-20,22H,10-11H2,1H3,(H,21,23)/t12-,13-,14+,15+,16+,18+,19-,20-/m0/s1. The van der Waals surface area contributed by atoms with Crippen LogP contribution in [0.25, 0.3) is 0 Å². The zero-order valence-corrected chi connectivity index (χ0v) is 13.9. The van der Waals surface area contributed by atoms with Crippen molar-refractivity contribution in [3.05, 3.63) is 48.6 Å². The van der Waals surface area contributed by atoms with Crippen LogP contribution < -0.4 is 5.32 Å². The molecule has 1 saturated heterocycles. The number of hydrogen-bond donors (Lipinski definition) is 2. The number of aliphatic hydroxyl groups is 1. The number of carbonyl (C=O) groups excluding carboxylic acids is 1. The Morgan fingerprint density at radius 1 is 1.12 bits per heavy atom. The summed E-state index contributed by atoms with van der Waals surface area (Å²) in [5.74, 6) is 1.42. The molecule has 4 rings (SSSR count). The maximum absolute atomic E-state index is 12.0. The van der Waals surface area contributed by atoms with Crippen molar-refractivity contribution >= 4 is 5.91 Å². The van der Waals surface area contributed by atoms with Crippen molar-refractivity contribution in [2.24, 2.45) is 29.6 Å². The topological polar surface area (TPSA) is 58.6 Å². The second kappa shape index (κ2) is 6.34. The van der Waals surface area contributed by atoms with Gasteiger partial charge in [0.15, 0.2) is 0 Å². The van der Waals surface area contributed by atoms with E-state index in [1.54, 1.807) is 6.08 Å². The van der Waals surface area contributed by atoms with E-state index in [4.69, 9.17) is 4.74 Å². The van der Waals surface area contributed by atoms with Crippen LogP contribution in [0.3, 0.4) is 0 Å². The van der Waals surface area contributed by atoms with Gasteiger partial charge in [0.2, 0.25) is 5.91 Å². The fraction of sp³-hybridized carbons (Fsp3) is 0.550. The first-order valence-corrected chi connectivity index (χ1v) is 8.96. The lowest BCUT2D eigenvalue weighted by Crippen LogP contribution is -2.32. The van der Waals surface area contributed by atoms with E-state index < -0.39 is 0 Å². The Kier molecular flexibility index (Phi) is 4.19. The third-order valence-corrected chi connectivity index (χ3v) is 5.85. The first kappa shape index (κ1) is 15.9. The molecule has 0 aromatic heterocycles. The molecule has 2 aliphatic heterocycles. The Labute approximate surface area is 143 Å². The van der Waals surface area contributed by atoms with Gasteiger partial charge in [-0.15, -0.1) is 0 Å². The lowest BCUT2D eigenvalue weighted by atomic mass is 9.70. The van der Waals surface area contributed by atoms with Crippen molar-refractivity contribution < 1.29 is 14.6 Å². The number of rotatable bonds is 0. The number of hydrogen-bond acceptors (Lipinski definition) is 3. The minimum absolute atomic E-state index is 0.0131. The molecule has 4 heteroatoms. The van der Waals surface area contributed by atoms with Crippen LogP contribution >= 0.6 is 0 Å². The molecule has 0 aromatic rings. The Morgan fingerprint density at radius 3 is 2.83 bits per heavy atom. The molecule has 2 fully saturated rings. The molecule has 2 N–H and O–H groups in total. The van der Waals surface area contributed by atoms with Gasteiger partial charge in [-0.3, -0.25) is 4.79 Å². The van der Waals surface area contributed by atoms with Crippen LogP contribution in [0, 0.1) is 29.6 Å². The largest absolute Gasteiger partial charge is 0.390 e. The molecule has 1 saturated carbocycles. The zero-order valence-electron chi connectivity index (χ0n) is 13.9. The molecule has 0 spiro atoms. The van der Waals surface area contributed by atoms with Crippen LogP contribution in [0.1, 0.15) is 13.3 Å². The van der Waals surface area contributed by atoms with Crippen molar-refractivity contribution in [1.29, 1.82) is 0 Å². The predicted octanol–water partition coefficient (Wildman–Crippen LogP) is 1.99. The Hall–Kier alpha value is -1.65. The van der Waals surface area contributed by atoms with E-state index in [-0.39, 0.29) is 42.0 Å². The molecule has 24 heavy (non-hydrogen) atoms. The van der Waals surface area contributed by atoms with Crippen molar-refractivity contribution in [3.63, 3.8) is 0 Å². The van der Waals surface area contributed by atoms with E-state index in [1.165, 1.54) is 0 Å². The Balaban J connectivity index is 1.68. The summed E-state index contributed by atoms with van der Waals surface area (Å²) >= 11 is 0. The van der Waals surface area contributed by atoms with Gasteiger partial charge in [-0.05, 0) is 24.3 Å². The SMILES string of the molecule is C[C@H]1C=CC=C[C@H]2O[C@@H]3[C@@H]4[C@@H]2[C@H](C=CC(=O)NC1)C=C[C@@H]4C[C@H]3O.